The zero-order valence-electron chi connectivity index (χ0n) is 13.0. The first kappa shape index (κ1) is 14.8. The van der Waals surface area contributed by atoms with Crippen molar-refractivity contribution in [2.45, 2.75) is 25.4 Å². The summed E-state index contributed by atoms with van der Waals surface area (Å²) in [6.45, 7) is 8.75. The molecule has 0 aliphatic carbocycles. The topological polar surface area (TPSA) is 27.7 Å². The van der Waals surface area contributed by atoms with Crippen molar-refractivity contribution in [2.24, 2.45) is 0 Å². The quantitative estimate of drug-likeness (QED) is 0.918. The third-order valence-corrected chi connectivity index (χ3v) is 5.35. The number of halogens is 1. The summed E-state index contributed by atoms with van der Waals surface area (Å²) in [7, 11) is 0. The van der Waals surface area contributed by atoms with E-state index >= 15 is 0 Å². The highest BCUT2D eigenvalue weighted by molar-refractivity contribution is 6.30. The lowest BCUT2D eigenvalue weighted by molar-refractivity contribution is 0.170. The van der Waals surface area contributed by atoms with Crippen molar-refractivity contribution >= 4 is 11.6 Å². The molecule has 4 rings (SSSR count). The van der Waals surface area contributed by atoms with Gasteiger partial charge in [0.2, 0.25) is 0 Å². The van der Waals surface area contributed by atoms with E-state index in [-0.39, 0.29) is 0 Å². The summed E-state index contributed by atoms with van der Waals surface area (Å²) in [5, 5.41) is 4.28. The van der Waals surface area contributed by atoms with Crippen LogP contribution in [-0.2, 0) is 13.0 Å². The molecule has 0 saturated carbocycles. The number of benzene rings is 1. The van der Waals surface area contributed by atoms with E-state index in [9.17, 15) is 0 Å². The first-order valence-electron chi connectivity index (χ1n) is 8.41. The molecule has 0 amide bonds. The van der Waals surface area contributed by atoms with Crippen LogP contribution in [0, 0.1) is 0 Å². The molecule has 1 aromatic carbocycles. The maximum Gasteiger partial charge on any atom is 0.127 e. The van der Waals surface area contributed by atoms with E-state index in [4.69, 9.17) is 16.3 Å². The van der Waals surface area contributed by atoms with Gasteiger partial charge in [0, 0.05) is 68.9 Å². The predicted octanol–water partition coefficient (Wildman–Crippen LogP) is 1.75. The summed E-state index contributed by atoms with van der Waals surface area (Å²) >= 11 is 6.28. The van der Waals surface area contributed by atoms with E-state index in [1.54, 1.807) is 0 Å². The highest BCUT2D eigenvalue weighted by Gasteiger charge is 2.29. The first-order chi connectivity index (χ1) is 10.8. The molecule has 0 bridgehead atoms. The van der Waals surface area contributed by atoms with Crippen LogP contribution in [0.2, 0.25) is 5.02 Å². The molecular weight excluding hydrogens is 298 g/mol. The van der Waals surface area contributed by atoms with Crippen LogP contribution in [0.15, 0.2) is 12.1 Å². The first-order valence-corrected chi connectivity index (χ1v) is 8.78. The second kappa shape index (κ2) is 6.36. The van der Waals surface area contributed by atoms with Gasteiger partial charge in [-0.05, 0) is 24.1 Å². The molecule has 3 aliphatic heterocycles. The lowest BCUT2D eigenvalue weighted by atomic mass is 10.1. The minimum atomic E-state index is 0.718. The van der Waals surface area contributed by atoms with Gasteiger partial charge in [-0.3, -0.25) is 9.80 Å². The largest absolute Gasteiger partial charge is 0.493 e. The lowest BCUT2D eigenvalue weighted by Crippen LogP contribution is -2.49. The van der Waals surface area contributed by atoms with Gasteiger partial charge >= 0.3 is 0 Å². The second-order valence-corrected chi connectivity index (χ2v) is 7.05. The summed E-state index contributed by atoms with van der Waals surface area (Å²) in [4.78, 5) is 5.20. The molecule has 3 aliphatic rings. The standard InChI is InChI=1S/C17H24ClN3O/c18-15-9-13-2-8-22-17(13)14(10-15)11-20-5-1-16(12-20)21-6-3-19-4-7-21/h9-10,16,19H,1-8,11-12H2. The Morgan fingerprint density at radius 1 is 1.23 bits per heavy atom. The van der Waals surface area contributed by atoms with Gasteiger partial charge in [0.1, 0.15) is 5.75 Å². The number of rotatable bonds is 3. The van der Waals surface area contributed by atoms with Crippen LogP contribution in [-0.4, -0.2) is 61.7 Å². The van der Waals surface area contributed by atoms with Crippen molar-refractivity contribution in [2.75, 3.05) is 45.9 Å². The molecule has 0 radical (unpaired) electrons. The van der Waals surface area contributed by atoms with Crippen LogP contribution >= 0.6 is 11.6 Å². The SMILES string of the molecule is Clc1cc2c(c(CN3CCC(N4CCNCC4)C3)c1)OCC2. The summed E-state index contributed by atoms with van der Waals surface area (Å²) < 4.78 is 5.83. The molecule has 2 saturated heterocycles. The van der Waals surface area contributed by atoms with E-state index in [1.165, 1.54) is 43.7 Å². The molecule has 5 heteroatoms. The zero-order chi connectivity index (χ0) is 14.9. The predicted molar refractivity (Wildman–Crippen MR) is 88.8 cm³/mol. The summed E-state index contributed by atoms with van der Waals surface area (Å²) in [5.74, 6) is 1.09. The highest BCUT2D eigenvalue weighted by Crippen LogP contribution is 2.34. The zero-order valence-corrected chi connectivity index (χ0v) is 13.7. The fraction of sp³-hybridized carbons (Fsp3) is 0.647. The van der Waals surface area contributed by atoms with E-state index < -0.39 is 0 Å². The van der Waals surface area contributed by atoms with E-state index in [0.717, 1.165) is 49.5 Å². The summed E-state index contributed by atoms with van der Waals surface area (Å²) in [6, 6.07) is 4.86. The highest BCUT2D eigenvalue weighted by atomic mass is 35.5. The van der Waals surface area contributed by atoms with Gasteiger partial charge in [0.05, 0.1) is 6.61 Å². The van der Waals surface area contributed by atoms with Crippen molar-refractivity contribution in [3.05, 3.63) is 28.3 Å². The maximum absolute atomic E-state index is 6.28. The maximum atomic E-state index is 6.28. The Morgan fingerprint density at radius 2 is 2.09 bits per heavy atom. The van der Waals surface area contributed by atoms with Crippen molar-refractivity contribution in [1.82, 2.24) is 15.1 Å². The number of ether oxygens (including phenoxy) is 1. The van der Waals surface area contributed by atoms with Crippen LogP contribution in [0.3, 0.4) is 0 Å². The molecule has 22 heavy (non-hydrogen) atoms. The minimum absolute atomic E-state index is 0.718. The lowest BCUT2D eigenvalue weighted by Gasteiger charge is -2.32. The number of likely N-dealkylation sites (tertiary alicyclic amines) is 1. The van der Waals surface area contributed by atoms with Crippen LogP contribution in [0.5, 0.6) is 5.75 Å². The van der Waals surface area contributed by atoms with Gasteiger partial charge in [0.15, 0.2) is 0 Å². The molecule has 120 valence electrons. The van der Waals surface area contributed by atoms with E-state index in [2.05, 4.69) is 27.2 Å². The van der Waals surface area contributed by atoms with Gasteiger partial charge < -0.3 is 10.1 Å². The number of fused-ring (bicyclic) bond motifs is 1. The van der Waals surface area contributed by atoms with Crippen molar-refractivity contribution in [3.63, 3.8) is 0 Å². The van der Waals surface area contributed by atoms with Crippen LogP contribution in [0.25, 0.3) is 0 Å². The summed E-state index contributed by atoms with van der Waals surface area (Å²) in [5.41, 5.74) is 2.54. The Kier molecular flexibility index (Phi) is 4.27. The van der Waals surface area contributed by atoms with Crippen LogP contribution in [0.4, 0.5) is 0 Å². The van der Waals surface area contributed by atoms with Gasteiger partial charge in [0.25, 0.3) is 0 Å². The van der Waals surface area contributed by atoms with E-state index in [1.807, 2.05) is 0 Å². The Morgan fingerprint density at radius 3 is 2.95 bits per heavy atom. The third-order valence-electron chi connectivity index (χ3n) is 5.13. The fourth-order valence-corrected chi connectivity index (χ4v) is 4.27. The normalized spacial score (nSPS) is 26.1. The van der Waals surface area contributed by atoms with Crippen LogP contribution < -0.4 is 10.1 Å². The van der Waals surface area contributed by atoms with E-state index in [0.29, 0.717) is 0 Å². The molecule has 4 nitrogen and oxygen atoms in total. The summed E-state index contributed by atoms with van der Waals surface area (Å²) in [6.07, 6.45) is 2.27. The number of nitrogens with one attached hydrogen (secondary N) is 1. The van der Waals surface area contributed by atoms with Crippen molar-refractivity contribution < 1.29 is 4.74 Å². The number of piperazine rings is 1. The molecule has 0 spiro atoms. The molecule has 0 aromatic heterocycles. The Labute approximate surface area is 137 Å². The average Bonchev–Trinajstić information content (AvgIpc) is 3.17. The Balaban J connectivity index is 1.42. The molecule has 3 heterocycles. The Hall–Kier alpha value is -0.810. The number of nitrogens with zero attached hydrogens (tertiary/aromatic N) is 2. The third kappa shape index (κ3) is 2.98. The van der Waals surface area contributed by atoms with Gasteiger partial charge in [-0.15, -0.1) is 0 Å². The monoisotopic (exact) mass is 321 g/mol. The van der Waals surface area contributed by atoms with Gasteiger partial charge in [-0.25, -0.2) is 0 Å². The Bertz CT molecular complexity index is 545. The van der Waals surface area contributed by atoms with Gasteiger partial charge in [-0.2, -0.15) is 0 Å². The molecule has 2 fully saturated rings. The van der Waals surface area contributed by atoms with Crippen molar-refractivity contribution in [3.8, 4) is 5.75 Å². The molecule has 1 unspecified atom stereocenters. The molecular formula is C17H24ClN3O. The molecule has 1 N–H and O–H groups in total. The second-order valence-electron chi connectivity index (χ2n) is 6.62. The average molecular weight is 322 g/mol. The fourth-order valence-electron chi connectivity index (χ4n) is 4.01. The van der Waals surface area contributed by atoms with Crippen LogP contribution in [0.1, 0.15) is 17.5 Å². The smallest absolute Gasteiger partial charge is 0.127 e. The number of hydrogen-bond acceptors (Lipinski definition) is 4. The minimum Gasteiger partial charge on any atom is -0.493 e. The molecule has 1 atom stereocenters. The van der Waals surface area contributed by atoms with Gasteiger partial charge in [-0.1, -0.05) is 11.6 Å². The number of hydrogen-bond donors (Lipinski definition) is 1. The molecule has 1 aromatic rings. The van der Waals surface area contributed by atoms with Crippen molar-refractivity contribution in [1.29, 1.82) is 0 Å².